The maximum atomic E-state index is 6.54. The Morgan fingerprint density at radius 3 is 0.526 bits per heavy atom. The van der Waals surface area contributed by atoms with Gasteiger partial charge in [-0.05, 0) is 181 Å². The summed E-state index contributed by atoms with van der Waals surface area (Å²) in [5.41, 5.74) is 20.4. The fourth-order valence-electron chi connectivity index (χ4n) is 16.8. The molecular formula is C108H66N6O2. The van der Waals surface area contributed by atoms with Crippen LogP contribution in [0.3, 0.4) is 0 Å². The van der Waals surface area contributed by atoms with Gasteiger partial charge in [-0.15, -0.1) is 0 Å². The Labute approximate surface area is 667 Å². The van der Waals surface area contributed by atoms with E-state index < -0.39 is 0 Å². The van der Waals surface area contributed by atoms with Crippen LogP contribution in [0.5, 0.6) is 0 Å². The van der Waals surface area contributed by atoms with Crippen molar-refractivity contribution in [1.29, 1.82) is 0 Å². The smallest absolute Gasteiger partial charge is 0.164 e. The molecule has 0 aliphatic heterocycles. The summed E-state index contributed by atoms with van der Waals surface area (Å²) in [6.07, 6.45) is 0. The van der Waals surface area contributed by atoms with Crippen LogP contribution in [-0.4, -0.2) is 29.9 Å². The van der Waals surface area contributed by atoms with Crippen molar-refractivity contribution in [2.75, 3.05) is 0 Å². The predicted octanol–water partition coefficient (Wildman–Crippen LogP) is 28.8. The Balaban J connectivity index is 0.000000141. The van der Waals surface area contributed by atoms with E-state index in [-0.39, 0.29) is 0 Å². The zero-order valence-corrected chi connectivity index (χ0v) is 62.6. The number of benzene rings is 19. The third-order valence-corrected chi connectivity index (χ3v) is 22.7. The number of rotatable bonds is 11. The lowest BCUT2D eigenvalue weighted by Gasteiger charge is -2.12. The van der Waals surface area contributed by atoms with Gasteiger partial charge in [0.15, 0.2) is 34.9 Å². The van der Waals surface area contributed by atoms with E-state index in [9.17, 15) is 0 Å². The number of aromatic nitrogens is 6. The fraction of sp³-hybridized carbons (Fsp3) is 0. The molecule has 0 spiro atoms. The van der Waals surface area contributed by atoms with Gasteiger partial charge in [0.05, 0.1) is 0 Å². The molecule has 0 bridgehead atoms. The summed E-state index contributed by atoms with van der Waals surface area (Å²) in [6, 6.07) is 141. The average molecular weight is 1480 g/mol. The molecule has 4 aromatic heterocycles. The van der Waals surface area contributed by atoms with E-state index in [2.05, 4.69) is 267 Å². The van der Waals surface area contributed by atoms with Gasteiger partial charge in [-0.2, -0.15) is 0 Å². The molecule has 8 nitrogen and oxygen atoms in total. The van der Waals surface area contributed by atoms with Gasteiger partial charge < -0.3 is 8.83 Å². The number of furan rings is 2. The van der Waals surface area contributed by atoms with Crippen LogP contribution >= 0.6 is 0 Å². The van der Waals surface area contributed by atoms with Crippen molar-refractivity contribution in [3.8, 4) is 124 Å². The third kappa shape index (κ3) is 12.2. The van der Waals surface area contributed by atoms with E-state index in [1.165, 1.54) is 98.0 Å². The van der Waals surface area contributed by atoms with Gasteiger partial charge >= 0.3 is 0 Å². The molecule has 0 saturated carbocycles. The number of hydrogen-bond donors (Lipinski definition) is 0. The summed E-state index contributed by atoms with van der Waals surface area (Å²) in [7, 11) is 0. The Morgan fingerprint density at radius 1 is 0.112 bits per heavy atom. The van der Waals surface area contributed by atoms with Gasteiger partial charge in [0, 0.05) is 54.9 Å². The van der Waals surface area contributed by atoms with Crippen LogP contribution in [-0.2, 0) is 0 Å². The van der Waals surface area contributed by atoms with Gasteiger partial charge in [-0.25, -0.2) is 29.9 Å². The van der Waals surface area contributed by atoms with Crippen LogP contribution in [0, 0.1) is 0 Å². The molecule has 0 amide bonds. The Kier molecular flexibility index (Phi) is 16.4. The molecule has 23 rings (SSSR count). The Bertz CT molecular complexity index is 7600. The zero-order valence-electron chi connectivity index (χ0n) is 62.6. The predicted molar refractivity (Wildman–Crippen MR) is 479 cm³/mol. The highest BCUT2D eigenvalue weighted by atomic mass is 16.3. The fourth-order valence-corrected chi connectivity index (χ4v) is 16.8. The minimum absolute atomic E-state index is 0.599. The van der Waals surface area contributed by atoms with Crippen molar-refractivity contribution < 1.29 is 8.83 Å². The zero-order chi connectivity index (χ0) is 76.6. The second kappa shape index (κ2) is 28.3. The Morgan fingerprint density at radius 2 is 0.276 bits per heavy atom. The van der Waals surface area contributed by atoms with Crippen molar-refractivity contribution in [2.45, 2.75) is 0 Å². The van der Waals surface area contributed by atoms with Gasteiger partial charge in [0.2, 0.25) is 0 Å². The van der Waals surface area contributed by atoms with Gasteiger partial charge in [0.1, 0.15) is 22.3 Å². The van der Waals surface area contributed by atoms with Crippen molar-refractivity contribution in [2.24, 2.45) is 0 Å². The molecule has 19 aromatic carbocycles. The molecule has 23 aromatic rings. The maximum Gasteiger partial charge on any atom is 0.164 e. The molecule has 0 N–H and O–H groups in total. The minimum atomic E-state index is 0.599. The lowest BCUT2D eigenvalue weighted by atomic mass is 9.91. The monoisotopic (exact) mass is 1480 g/mol. The first kappa shape index (κ1) is 67.3. The molecule has 0 saturated heterocycles. The lowest BCUT2D eigenvalue weighted by Crippen LogP contribution is -2.00. The number of fused-ring (bicyclic) bond motifs is 18. The van der Waals surface area contributed by atoms with Crippen LogP contribution in [0.2, 0.25) is 0 Å². The quantitative estimate of drug-likeness (QED) is 0.118. The van der Waals surface area contributed by atoms with E-state index in [1.807, 2.05) is 133 Å². The normalized spacial score (nSPS) is 11.6. The second-order valence-electron chi connectivity index (χ2n) is 29.6. The molecule has 0 fully saturated rings. The molecule has 540 valence electrons. The summed E-state index contributed by atoms with van der Waals surface area (Å²) >= 11 is 0. The molecule has 8 heteroatoms. The molecule has 0 atom stereocenters. The molecule has 4 heterocycles. The third-order valence-electron chi connectivity index (χ3n) is 22.7. The topological polar surface area (TPSA) is 104 Å². The summed E-state index contributed by atoms with van der Waals surface area (Å²) in [6.45, 7) is 0. The first-order valence-electron chi connectivity index (χ1n) is 39.1. The Hall–Kier alpha value is -15.6. The first-order valence-corrected chi connectivity index (χ1v) is 39.1. The van der Waals surface area contributed by atoms with E-state index >= 15 is 0 Å². The molecule has 0 unspecified atom stereocenters. The molecular weight excluding hydrogens is 1410 g/mol. The summed E-state index contributed by atoms with van der Waals surface area (Å²) < 4.78 is 13.1. The largest absolute Gasteiger partial charge is 0.456 e. The van der Waals surface area contributed by atoms with E-state index in [0.717, 1.165) is 99.5 Å². The van der Waals surface area contributed by atoms with Crippen LogP contribution in [0.25, 0.3) is 232 Å². The molecule has 0 aliphatic rings. The van der Waals surface area contributed by atoms with E-state index in [0.29, 0.717) is 34.9 Å². The van der Waals surface area contributed by atoms with Gasteiger partial charge in [0.25, 0.3) is 0 Å². The molecule has 0 aliphatic carbocycles. The SMILES string of the molecule is c1ccc(-c2nc(-c3ccccc3)nc(-c3ccc4c(c3)oc3cc(-c5ccc(-c6ccc(-c7ccc8c9ccccc9c9ccccc9c8c7)cc6)cc5)ccc34)n2)cc1.c1ccc(-c2nc(-c3ccccc3)nc(-c3ccc4c(c3)oc3cc(-c5ccc(-c6ccc7c8ccccc8c8ccccc8c7c6)cc5)ccc34)n2)cc1. The van der Waals surface area contributed by atoms with Crippen LogP contribution in [0.15, 0.2) is 409 Å². The van der Waals surface area contributed by atoms with Crippen molar-refractivity contribution in [3.05, 3.63) is 400 Å². The number of nitrogens with zero attached hydrogens (tertiary/aromatic N) is 6. The summed E-state index contributed by atoms with van der Waals surface area (Å²) in [5.74, 6) is 3.72. The standard InChI is InChI=1S/C57H35N3O.C51H31N3O/c1-3-11-40(12-4-1)55-58-56(41-13-5-2-6-14-41)60-57(59-55)44-29-32-51-50-31-28-43(34-53(50)61-54(51)35-44)39-25-21-37(22-26-39)36-19-23-38(24-20-36)42-27-30-49-47-17-8-7-15-45(47)46-16-9-10-18-48(46)52(49)33-42;1-3-11-34(12-4-1)49-52-50(35-13-5-2-6-14-35)54-51(53-49)38-25-28-45-44-27-24-37(30-47(44)55-48(45)31-38)33-21-19-32(20-22-33)36-23-26-43-41-17-8-7-15-39(41)40-16-9-10-18-42(40)46(43)29-36/h1-35H;1-31H. The van der Waals surface area contributed by atoms with Gasteiger partial charge in [-0.1, -0.05) is 340 Å². The van der Waals surface area contributed by atoms with Crippen molar-refractivity contribution in [1.82, 2.24) is 29.9 Å². The van der Waals surface area contributed by atoms with Crippen LogP contribution in [0.4, 0.5) is 0 Å². The van der Waals surface area contributed by atoms with E-state index in [1.54, 1.807) is 0 Å². The van der Waals surface area contributed by atoms with E-state index in [4.69, 9.17) is 38.7 Å². The van der Waals surface area contributed by atoms with Crippen molar-refractivity contribution in [3.63, 3.8) is 0 Å². The van der Waals surface area contributed by atoms with Crippen LogP contribution in [0.1, 0.15) is 0 Å². The first-order chi connectivity index (χ1) is 57.4. The highest BCUT2D eigenvalue weighted by Gasteiger charge is 2.20. The summed E-state index contributed by atoms with van der Waals surface area (Å²) in [5, 5.41) is 19.7. The number of hydrogen-bond acceptors (Lipinski definition) is 8. The molecule has 0 radical (unpaired) electrons. The highest BCUT2D eigenvalue weighted by molar-refractivity contribution is 6.27. The second-order valence-corrected chi connectivity index (χ2v) is 29.6. The summed E-state index contributed by atoms with van der Waals surface area (Å²) in [4.78, 5) is 29.4. The lowest BCUT2D eigenvalue weighted by molar-refractivity contribution is 0.669. The van der Waals surface area contributed by atoms with Gasteiger partial charge in [-0.3, -0.25) is 0 Å². The minimum Gasteiger partial charge on any atom is -0.456 e. The average Bonchev–Trinajstić information content (AvgIpc) is 1.13. The molecule has 116 heavy (non-hydrogen) atoms. The maximum absolute atomic E-state index is 6.54. The van der Waals surface area contributed by atoms with Crippen LogP contribution < -0.4 is 0 Å². The van der Waals surface area contributed by atoms with Crippen molar-refractivity contribution >= 4 is 109 Å². The highest BCUT2D eigenvalue weighted by Crippen LogP contribution is 2.43.